The highest BCUT2D eigenvalue weighted by Crippen LogP contribution is 2.30. The number of para-hydroxylation sites is 1. The fourth-order valence-electron chi connectivity index (χ4n) is 5.16. The van der Waals surface area contributed by atoms with E-state index in [1.165, 1.54) is 4.90 Å². The van der Waals surface area contributed by atoms with Crippen molar-refractivity contribution in [3.63, 3.8) is 0 Å². The first kappa shape index (κ1) is 30.0. The largest absolute Gasteiger partial charge is 0.480 e. The fourth-order valence-corrected chi connectivity index (χ4v) is 5.16. The third-order valence-electron chi connectivity index (χ3n) is 7.19. The predicted octanol–water partition coefficient (Wildman–Crippen LogP) is 6.43. The van der Waals surface area contributed by atoms with Gasteiger partial charge < -0.3 is 19.8 Å². The van der Waals surface area contributed by atoms with Gasteiger partial charge in [0.25, 0.3) is 0 Å². The van der Waals surface area contributed by atoms with Crippen LogP contribution in [0.5, 0.6) is 0 Å². The summed E-state index contributed by atoms with van der Waals surface area (Å²) in [7, 11) is 0. The van der Waals surface area contributed by atoms with Crippen LogP contribution in [0.3, 0.4) is 0 Å². The Bertz CT molecular complexity index is 1080. The normalized spacial score (nSPS) is 15.2. The van der Waals surface area contributed by atoms with Crippen molar-refractivity contribution in [3.8, 4) is 0 Å². The summed E-state index contributed by atoms with van der Waals surface area (Å²) in [6.45, 7) is 9.95. The fraction of sp³-hybridized carbons (Fsp3) is 0.516. The summed E-state index contributed by atoms with van der Waals surface area (Å²) in [5.41, 5.74) is 3.36. The summed E-state index contributed by atoms with van der Waals surface area (Å²) in [6, 6.07) is 13.5. The van der Waals surface area contributed by atoms with E-state index in [-0.39, 0.29) is 19.1 Å². The van der Waals surface area contributed by atoms with Gasteiger partial charge in [0.15, 0.2) is 0 Å². The van der Waals surface area contributed by atoms with Gasteiger partial charge in [0.05, 0.1) is 17.9 Å². The molecule has 4 amide bonds. The zero-order chi connectivity index (χ0) is 28.4. The highest BCUT2D eigenvalue weighted by atomic mass is 16.4. The van der Waals surface area contributed by atoms with Crippen molar-refractivity contribution >= 4 is 29.4 Å². The van der Waals surface area contributed by atoms with E-state index >= 15 is 0 Å². The molecule has 0 spiro atoms. The highest BCUT2D eigenvalue weighted by molar-refractivity contribution is 6.01. The summed E-state index contributed by atoms with van der Waals surface area (Å²) in [5, 5.41) is 10.2. The molecule has 1 N–H and O–H groups in total. The summed E-state index contributed by atoms with van der Waals surface area (Å²) >= 11 is 0. The van der Waals surface area contributed by atoms with Gasteiger partial charge in [-0.1, -0.05) is 63.8 Å². The van der Waals surface area contributed by atoms with Crippen LogP contribution in [0.15, 0.2) is 48.5 Å². The maximum absolute atomic E-state index is 14.1. The maximum Gasteiger partial charge on any atom is 0.329 e. The molecule has 39 heavy (non-hydrogen) atoms. The minimum atomic E-state index is -1.14. The molecule has 212 valence electrons. The number of carboxylic acids is 1. The van der Waals surface area contributed by atoms with Gasteiger partial charge in [-0.3, -0.25) is 4.90 Å². The monoisotopic (exact) mass is 536 g/mol. The lowest BCUT2D eigenvalue weighted by molar-refractivity contribution is -0.143. The average molecular weight is 537 g/mol. The number of nitrogens with zero attached hydrogens (tertiary/aromatic N) is 4. The van der Waals surface area contributed by atoms with Gasteiger partial charge in [0, 0.05) is 26.2 Å². The average Bonchev–Trinajstić information content (AvgIpc) is 2.92. The van der Waals surface area contributed by atoms with Gasteiger partial charge in [0.2, 0.25) is 0 Å². The number of aliphatic carboxylic acids is 1. The summed E-state index contributed by atoms with van der Waals surface area (Å²) in [5.74, 6) is -1.11. The Balaban J connectivity index is 1.85. The number of aryl methyl sites for hydroxylation is 2. The Morgan fingerprint density at radius 1 is 0.821 bits per heavy atom. The Hall–Kier alpha value is -3.55. The summed E-state index contributed by atoms with van der Waals surface area (Å²) in [6.07, 6.45) is 6.08. The number of carboxylic acid groups (broad SMARTS) is 1. The number of carbonyl (C=O) groups is 3. The van der Waals surface area contributed by atoms with Crippen LogP contribution in [0.25, 0.3) is 0 Å². The van der Waals surface area contributed by atoms with E-state index in [4.69, 9.17) is 0 Å². The van der Waals surface area contributed by atoms with Gasteiger partial charge in [0.1, 0.15) is 6.04 Å². The van der Waals surface area contributed by atoms with Crippen LogP contribution in [-0.2, 0) is 4.79 Å². The van der Waals surface area contributed by atoms with Crippen molar-refractivity contribution in [2.24, 2.45) is 0 Å². The molecule has 0 bridgehead atoms. The van der Waals surface area contributed by atoms with Crippen LogP contribution in [0, 0.1) is 13.8 Å². The first-order valence-corrected chi connectivity index (χ1v) is 14.3. The van der Waals surface area contributed by atoms with Crippen LogP contribution in [-0.4, -0.2) is 76.6 Å². The molecule has 1 unspecified atom stereocenters. The Labute approximate surface area is 233 Å². The van der Waals surface area contributed by atoms with Crippen molar-refractivity contribution in [1.82, 2.24) is 14.7 Å². The van der Waals surface area contributed by atoms with Crippen LogP contribution in [0.2, 0.25) is 0 Å². The first-order valence-electron chi connectivity index (χ1n) is 14.3. The molecule has 1 aliphatic rings. The topological polar surface area (TPSA) is 84.4 Å². The molecule has 1 saturated heterocycles. The number of amides is 4. The molecule has 1 heterocycles. The third kappa shape index (κ3) is 7.97. The molecule has 0 aromatic heterocycles. The molecule has 3 rings (SSSR count). The van der Waals surface area contributed by atoms with Crippen molar-refractivity contribution in [2.45, 2.75) is 72.3 Å². The first-order chi connectivity index (χ1) is 18.8. The number of benzene rings is 2. The number of hydrogen-bond donors (Lipinski definition) is 1. The molecule has 2 aromatic carbocycles. The van der Waals surface area contributed by atoms with E-state index in [0.717, 1.165) is 49.7 Å². The predicted molar refractivity (Wildman–Crippen MR) is 156 cm³/mol. The molecule has 1 aliphatic heterocycles. The van der Waals surface area contributed by atoms with Crippen molar-refractivity contribution in [2.75, 3.05) is 37.6 Å². The van der Waals surface area contributed by atoms with E-state index in [0.29, 0.717) is 31.0 Å². The van der Waals surface area contributed by atoms with Gasteiger partial charge in [-0.05, 0) is 62.1 Å². The van der Waals surface area contributed by atoms with Crippen molar-refractivity contribution < 1.29 is 19.5 Å². The van der Waals surface area contributed by atoms with Crippen LogP contribution in [0.1, 0.15) is 63.5 Å². The summed E-state index contributed by atoms with van der Waals surface area (Å²) in [4.78, 5) is 46.5. The second-order valence-corrected chi connectivity index (χ2v) is 10.5. The number of hydrogen-bond acceptors (Lipinski definition) is 3. The number of anilines is 2. The molecule has 8 nitrogen and oxygen atoms in total. The van der Waals surface area contributed by atoms with Gasteiger partial charge in [-0.15, -0.1) is 0 Å². The summed E-state index contributed by atoms with van der Waals surface area (Å²) < 4.78 is 0. The zero-order valence-corrected chi connectivity index (χ0v) is 23.9. The van der Waals surface area contributed by atoms with E-state index < -0.39 is 18.0 Å². The number of urea groups is 2. The second-order valence-electron chi connectivity index (χ2n) is 10.5. The number of unbranched alkanes of at least 4 members (excludes halogenated alkanes) is 4. The maximum atomic E-state index is 14.1. The lowest BCUT2D eigenvalue weighted by Gasteiger charge is -2.42. The second kappa shape index (κ2) is 14.6. The quantitative estimate of drug-likeness (QED) is 0.335. The molecule has 1 atom stereocenters. The lowest BCUT2D eigenvalue weighted by atomic mass is 10.1. The molecular weight excluding hydrogens is 492 g/mol. The Morgan fingerprint density at radius 3 is 1.95 bits per heavy atom. The lowest BCUT2D eigenvalue weighted by Crippen LogP contribution is -2.62. The molecule has 1 fully saturated rings. The van der Waals surface area contributed by atoms with E-state index in [1.54, 1.807) is 9.80 Å². The van der Waals surface area contributed by atoms with Gasteiger partial charge in [-0.2, -0.15) is 0 Å². The zero-order valence-electron chi connectivity index (χ0n) is 23.9. The smallest absolute Gasteiger partial charge is 0.329 e. The molecule has 2 aromatic rings. The molecular formula is C31H44N4O4. The number of piperazine rings is 1. The minimum Gasteiger partial charge on any atom is -0.480 e. The van der Waals surface area contributed by atoms with Crippen molar-refractivity contribution in [1.29, 1.82) is 0 Å². The van der Waals surface area contributed by atoms with E-state index in [9.17, 15) is 19.5 Å². The standard InChI is InChI=1S/C31H44N4O4/c1-5-7-12-16-32(17-13-8-6-2)30(38)33-18-19-34(28(23-33)29(36)37)31(39)35(26-14-10-9-11-15-26)27-21-24(3)20-25(4)22-27/h9-11,14-15,20-22,28H,5-8,12-13,16-19,23H2,1-4H3,(H,36,37). The number of carbonyl (C=O) groups excluding carboxylic acids is 2. The minimum absolute atomic E-state index is 0.0343. The highest BCUT2D eigenvalue weighted by Gasteiger charge is 2.40. The van der Waals surface area contributed by atoms with Gasteiger partial charge >= 0.3 is 18.0 Å². The Kier molecular flexibility index (Phi) is 11.2. The molecule has 0 saturated carbocycles. The van der Waals surface area contributed by atoms with Crippen molar-refractivity contribution in [3.05, 3.63) is 59.7 Å². The third-order valence-corrected chi connectivity index (χ3v) is 7.19. The SMILES string of the molecule is CCCCCN(CCCCC)C(=O)N1CCN(C(=O)N(c2ccccc2)c2cc(C)cc(C)c2)C(C(=O)O)C1. The van der Waals surface area contributed by atoms with Crippen LogP contribution in [0.4, 0.5) is 21.0 Å². The van der Waals surface area contributed by atoms with Crippen LogP contribution < -0.4 is 4.90 Å². The Morgan fingerprint density at radius 2 is 1.41 bits per heavy atom. The number of rotatable bonds is 11. The molecule has 8 heteroatoms. The van der Waals surface area contributed by atoms with E-state index in [1.807, 2.05) is 67.3 Å². The molecule has 0 radical (unpaired) electrons. The van der Waals surface area contributed by atoms with Gasteiger partial charge in [-0.25, -0.2) is 14.4 Å². The van der Waals surface area contributed by atoms with Crippen LogP contribution >= 0.6 is 0 Å². The van der Waals surface area contributed by atoms with E-state index in [2.05, 4.69) is 13.8 Å². The molecule has 0 aliphatic carbocycles.